The molecule has 0 unspecified atom stereocenters. The maximum atomic E-state index is 14.7. The quantitative estimate of drug-likeness (QED) is 0.0809. The minimum Gasteiger partial charge on any atom is -0.463 e. The van der Waals surface area contributed by atoms with Gasteiger partial charge in [-0.1, -0.05) is 25.3 Å². The molecule has 0 aliphatic heterocycles. The maximum Gasteiger partial charge on any atom is 0.432 e. The molecule has 0 aliphatic carbocycles. The second kappa shape index (κ2) is 14.9. The first kappa shape index (κ1) is 29.8. The van der Waals surface area contributed by atoms with Gasteiger partial charge in [0, 0.05) is 18.3 Å². The number of alkyl halides is 2. The molecule has 0 bridgehead atoms. The number of carbonyl (C=O) groups excluding carboxylic acids is 2. The highest BCUT2D eigenvalue weighted by Crippen LogP contribution is 2.35. The number of hydrogen-bond acceptors (Lipinski definition) is 5. The van der Waals surface area contributed by atoms with Gasteiger partial charge in [-0.25, -0.2) is 13.6 Å². The van der Waals surface area contributed by atoms with Gasteiger partial charge in [0.25, 0.3) is 0 Å². The number of aldehydes is 1. The average molecular weight is 523 g/mol. The number of carbonyl (C=O) groups is 2. The molecule has 0 amide bonds. The fourth-order valence-electron chi connectivity index (χ4n) is 3.40. The molecule has 37 heavy (non-hydrogen) atoms. The van der Waals surface area contributed by atoms with Crippen LogP contribution < -0.4 is 4.74 Å². The van der Waals surface area contributed by atoms with Crippen molar-refractivity contribution < 1.29 is 41.4 Å². The lowest BCUT2D eigenvalue weighted by atomic mass is 10.0. The van der Waals surface area contributed by atoms with Crippen LogP contribution in [0.5, 0.6) is 5.75 Å². The van der Waals surface area contributed by atoms with Gasteiger partial charge in [-0.15, -0.1) is 0 Å². The molecule has 0 spiro atoms. The lowest BCUT2D eigenvalue weighted by Crippen LogP contribution is -2.25. The largest absolute Gasteiger partial charge is 0.463 e. The smallest absolute Gasteiger partial charge is 0.432 e. The van der Waals surface area contributed by atoms with Gasteiger partial charge in [0.1, 0.15) is 29.2 Å². The predicted molar refractivity (Wildman–Crippen MR) is 130 cm³/mol. The molecule has 2 aromatic carbocycles. The van der Waals surface area contributed by atoms with Crippen molar-refractivity contribution in [1.29, 1.82) is 0 Å². The van der Waals surface area contributed by atoms with Crippen LogP contribution in [0.15, 0.2) is 61.2 Å². The molecule has 200 valence electrons. The van der Waals surface area contributed by atoms with Crippen LogP contribution in [0.1, 0.15) is 42.4 Å². The van der Waals surface area contributed by atoms with Crippen molar-refractivity contribution in [3.63, 3.8) is 0 Å². The van der Waals surface area contributed by atoms with Gasteiger partial charge in [0.2, 0.25) is 0 Å². The van der Waals surface area contributed by atoms with E-state index in [0.29, 0.717) is 50.6 Å². The standard InChI is InChI=1S/C28H30F4O5/c1-3-26(34)36-15-7-5-8-21-10-12-23(13-11-21)37-28(31,32)27-24(29)16-22(17-25(27)30)9-4-6-14-35-19-20(2)18-33/h3,10-13,16-18H,1-2,4-9,14-15,19H2. The van der Waals surface area contributed by atoms with E-state index in [1.54, 1.807) is 12.1 Å². The molecule has 0 saturated carbocycles. The number of rotatable bonds is 17. The van der Waals surface area contributed by atoms with Crippen LogP contribution in [0.3, 0.4) is 0 Å². The molecule has 0 saturated heterocycles. The minimum absolute atomic E-state index is 0.105. The number of aryl methyl sites for hydroxylation is 2. The summed E-state index contributed by atoms with van der Waals surface area (Å²) < 4.78 is 73.1. The van der Waals surface area contributed by atoms with Gasteiger partial charge in [0.05, 0.1) is 13.2 Å². The molecule has 0 N–H and O–H groups in total. The highest BCUT2D eigenvalue weighted by Gasteiger charge is 2.41. The highest BCUT2D eigenvalue weighted by atomic mass is 19.3. The number of benzene rings is 2. The molecule has 2 aromatic rings. The first-order valence-electron chi connectivity index (χ1n) is 11.8. The molecular formula is C28H30F4O5. The van der Waals surface area contributed by atoms with E-state index in [4.69, 9.17) is 9.47 Å². The van der Waals surface area contributed by atoms with Crippen molar-refractivity contribution in [3.05, 3.63) is 89.5 Å². The second-order valence-electron chi connectivity index (χ2n) is 8.31. The topological polar surface area (TPSA) is 61.8 Å². The van der Waals surface area contributed by atoms with E-state index in [1.807, 2.05) is 0 Å². The Kier molecular flexibility index (Phi) is 12.0. The summed E-state index contributed by atoms with van der Waals surface area (Å²) in [6.45, 7) is 7.46. The molecule has 0 aliphatic rings. The van der Waals surface area contributed by atoms with Crippen molar-refractivity contribution in [2.75, 3.05) is 19.8 Å². The van der Waals surface area contributed by atoms with E-state index in [1.165, 1.54) is 12.1 Å². The van der Waals surface area contributed by atoms with Crippen molar-refractivity contribution in [2.45, 2.75) is 44.6 Å². The summed E-state index contributed by atoms with van der Waals surface area (Å²) in [7, 11) is 0. The Morgan fingerprint density at radius 1 is 0.919 bits per heavy atom. The Hall–Kier alpha value is -3.46. The molecule has 9 heteroatoms. The third-order valence-electron chi connectivity index (χ3n) is 5.29. The van der Waals surface area contributed by atoms with Crippen LogP contribution in [0.25, 0.3) is 0 Å². The van der Waals surface area contributed by atoms with Gasteiger partial charge in [-0.05, 0) is 73.9 Å². The zero-order chi connectivity index (χ0) is 27.3. The number of halogens is 4. The number of unbranched alkanes of at least 4 members (excludes halogenated alkanes) is 2. The zero-order valence-electron chi connectivity index (χ0n) is 20.5. The van der Waals surface area contributed by atoms with E-state index in [2.05, 4.69) is 17.9 Å². The van der Waals surface area contributed by atoms with Crippen LogP contribution in [-0.4, -0.2) is 32.1 Å². The normalized spacial score (nSPS) is 11.1. The molecule has 0 heterocycles. The van der Waals surface area contributed by atoms with E-state index >= 15 is 0 Å². The summed E-state index contributed by atoms with van der Waals surface area (Å²) in [5.41, 5.74) is -0.0772. The summed E-state index contributed by atoms with van der Waals surface area (Å²) in [4.78, 5) is 21.4. The summed E-state index contributed by atoms with van der Waals surface area (Å²) in [6, 6.07) is 7.51. The van der Waals surface area contributed by atoms with Gasteiger partial charge in [-0.3, -0.25) is 4.79 Å². The highest BCUT2D eigenvalue weighted by molar-refractivity contribution is 5.81. The van der Waals surface area contributed by atoms with Crippen LogP contribution in [0.2, 0.25) is 0 Å². The molecule has 0 fully saturated rings. The third-order valence-corrected chi connectivity index (χ3v) is 5.29. The van der Waals surface area contributed by atoms with Crippen molar-refractivity contribution in [3.8, 4) is 5.75 Å². The van der Waals surface area contributed by atoms with Crippen LogP contribution in [-0.2, 0) is 38.0 Å². The molecule has 0 aromatic heterocycles. The van der Waals surface area contributed by atoms with Gasteiger partial charge in [0.15, 0.2) is 0 Å². The second-order valence-corrected chi connectivity index (χ2v) is 8.31. The first-order chi connectivity index (χ1) is 17.7. The summed E-state index contributed by atoms with van der Waals surface area (Å²) >= 11 is 0. The molecule has 0 atom stereocenters. The fourth-order valence-corrected chi connectivity index (χ4v) is 3.40. The van der Waals surface area contributed by atoms with Crippen molar-refractivity contribution in [1.82, 2.24) is 0 Å². The molecule has 2 rings (SSSR count). The van der Waals surface area contributed by atoms with Crippen LogP contribution >= 0.6 is 0 Å². The van der Waals surface area contributed by atoms with Crippen LogP contribution in [0, 0.1) is 11.6 Å². The number of ether oxygens (including phenoxy) is 3. The minimum atomic E-state index is -4.22. The molecular weight excluding hydrogens is 492 g/mol. The van der Waals surface area contributed by atoms with Gasteiger partial charge < -0.3 is 14.2 Å². The maximum absolute atomic E-state index is 14.7. The van der Waals surface area contributed by atoms with Crippen molar-refractivity contribution in [2.24, 2.45) is 0 Å². The predicted octanol–water partition coefficient (Wildman–Crippen LogP) is 6.24. The van der Waals surface area contributed by atoms with Gasteiger partial charge >= 0.3 is 12.1 Å². The lowest BCUT2D eigenvalue weighted by molar-refractivity contribution is -0.189. The molecule has 5 nitrogen and oxygen atoms in total. The lowest BCUT2D eigenvalue weighted by Gasteiger charge is -2.20. The van der Waals surface area contributed by atoms with Crippen molar-refractivity contribution >= 4 is 12.3 Å². The number of hydrogen-bond donors (Lipinski definition) is 0. The average Bonchev–Trinajstić information content (AvgIpc) is 2.85. The fraction of sp³-hybridized carbons (Fsp3) is 0.357. The van der Waals surface area contributed by atoms with Gasteiger partial charge in [-0.2, -0.15) is 8.78 Å². The van der Waals surface area contributed by atoms with E-state index in [-0.39, 0.29) is 30.9 Å². The zero-order valence-corrected chi connectivity index (χ0v) is 20.5. The summed E-state index contributed by atoms with van der Waals surface area (Å²) in [6.07, 6.45) is 0.709. The Bertz CT molecular complexity index is 1040. The Balaban J connectivity index is 1.88. The summed E-state index contributed by atoms with van der Waals surface area (Å²) in [5.74, 6) is -3.53. The summed E-state index contributed by atoms with van der Waals surface area (Å²) in [5, 5.41) is 0. The monoisotopic (exact) mass is 522 g/mol. The van der Waals surface area contributed by atoms with E-state index < -0.39 is 29.3 Å². The molecule has 0 radical (unpaired) electrons. The Morgan fingerprint density at radius 2 is 1.51 bits per heavy atom. The van der Waals surface area contributed by atoms with Crippen LogP contribution in [0.4, 0.5) is 17.6 Å². The Labute approximate surface area is 213 Å². The first-order valence-corrected chi connectivity index (χ1v) is 11.8. The number of esters is 1. The SMILES string of the molecule is C=CC(=O)OCCCCc1ccc(OC(F)(F)c2c(F)cc(CCCCOCC(=C)C=O)cc2F)cc1. The van der Waals surface area contributed by atoms with E-state index in [9.17, 15) is 27.2 Å². The third kappa shape index (κ3) is 10.2. The van der Waals surface area contributed by atoms with E-state index in [0.717, 1.165) is 23.8 Å². The Morgan fingerprint density at radius 3 is 2.11 bits per heavy atom.